The molecule has 0 saturated carbocycles. The molecule has 1 N–H and O–H groups in total. The largest absolute Gasteiger partial charge is 0.367 e. The Bertz CT molecular complexity index is 338. The Morgan fingerprint density at radius 1 is 1.62 bits per heavy atom. The molecule has 0 aliphatic heterocycles. The van der Waals surface area contributed by atoms with Crippen molar-refractivity contribution in [3.63, 3.8) is 0 Å². The van der Waals surface area contributed by atoms with Crippen LogP contribution in [0.25, 0.3) is 0 Å². The van der Waals surface area contributed by atoms with Crippen molar-refractivity contribution in [1.29, 1.82) is 0 Å². The van der Waals surface area contributed by atoms with Crippen molar-refractivity contribution in [3.05, 3.63) is 16.0 Å². The van der Waals surface area contributed by atoms with Gasteiger partial charge in [-0.2, -0.15) is 16.7 Å². The Balaban J connectivity index is 2.48. The van der Waals surface area contributed by atoms with E-state index in [1.165, 1.54) is 0 Å². The minimum Gasteiger partial charge on any atom is -0.367 e. The van der Waals surface area contributed by atoms with Gasteiger partial charge in [0.15, 0.2) is 0 Å². The first-order valence-electron chi connectivity index (χ1n) is 5.15. The Morgan fingerprint density at radius 3 is 3.06 bits per heavy atom. The van der Waals surface area contributed by atoms with Gasteiger partial charge in [0, 0.05) is 12.2 Å². The summed E-state index contributed by atoms with van der Waals surface area (Å²) in [5.74, 6) is 3.07. The Hall–Kier alpha value is -0.000000000000000111. The number of aromatic nitrogens is 2. The molecule has 1 atom stereocenters. The quantitative estimate of drug-likeness (QED) is 0.637. The van der Waals surface area contributed by atoms with Crippen LogP contribution in [0.1, 0.15) is 20.3 Å². The predicted octanol–water partition coefficient (Wildman–Crippen LogP) is 3.84. The molecule has 0 aliphatic rings. The maximum absolute atomic E-state index is 5.74. The van der Waals surface area contributed by atoms with Gasteiger partial charge in [-0.1, -0.05) is 6.92 Å². The van der Waals surface area contributed by atoms with Crippen molar-refractivity contribution in [2.45, 2.75) is 26.3 Å². The summed E-state index contributed by atoms with van der Waals surface area (Å²) in [6.07, 6.45) is 2.76. The Morgan fingerprint density at radius 2 is 2.38 bits per heavy atom. The number of anilines is 1. The Kier molecular flexibility index (Phi) is 6.46. The first kappa shape index (κ1) is 14.1. The van der Waals surface area contributed by atoms with E-state index in [0.29, 0.717) is 6.04 Å². The van der Waals surface area contributed by atoms with Gasteiger partial charge in [0.25, 0.3) is 0 Å². The first-order valence-corrected chi connectivity index (χ1v) is 7.48. The zero-order chi connectivity index (χ0) is 12.0. The number of halogens is 2. The van der Waals surface area contributed by atoms with Gasteiger partial charge >= 0.3 is 0 Å². The number of nitrogens with zero attached hydrogens (tertiary/aromatic N) is 2. The lowest BCUT2D eigenvalue weighted by Crippen LogP contribution is -2.17. The van der Waals surface area contributed by atoms with E-state index >= 15 is 0 Å². The summed E-state index contributed by atoms with van der Waals surface area (Å²) in [6.45, 7) is 4.31. The van der Waals surface area contributed by atoms with Crippen LogP contribution in [0, 0.1) is 0 Å². The van der Waals surface area contributed by atoms with Gasteiger partial charge in [0.1, 0.15) is 5.82 Å². The smallest absolute Gasteiger partial charge is 0.224 e. The maximum Gasteiger partial charge on any atom is 0.224 e. The zero-order valence-electron chi connectivity index (χ0n) is 9.33. The molecule has 0 amide bonds. The fourth-order valence-corrected chi connectivity index (χ4v) is 2.40. The molecule has 3 nitrogen and oxygen atoms in total. The highest BCUT2D eigenvalue weighted by atomic mass is 79.9. The highest BCUT2D eigenvalue weighted by Crippen LogP contribution is 2.21. The summed E-state index contributed by atoms with van der Waals surface area (Å²) in [5.41, 5.74) is 0. The molecule has 1 rings (SSSR count). The standard InChI is InChI=1S/C10H15BrClN3S/c1-3-16-5-4-7(2)14-9-8(11)6-13-10(12)15-9/h6-7H,3-5H2,1-2H3,(H,13,14,15). The monoisotopic (exact) mass is 323 g/mol. The van der Waals surface area contributed by atoms with E-state index in [-0.39, 0.29) is 5.28 Å². The normalized spacial score (nSPS) is 12.5. The third kappa shape index (κ3) is 4.89. The van der Waals surface area contributed by atoms with Gasteiger partial charge in [0.05, 0.1) is 4.47 Å². The molecule has 0 fully saturated rings. The van der Waals surface area contributed by atoms with E-state index in [4.69, 9.17) is 11.6 Å². The van der Waals surface area contributed by atoms with E-state index in [2.05, 4.69) is 45.1 Å². The highest BCUT2D eigenvalue weighted by molar-refractivity contribution is 9.10. The highest BCUT2D eigenvalue weighted by Gasteiger charge is 2.07. The van der Waals surface area contributed by atoms with Gasteiger partial charge in [0.2, 0.25) is 5.28 Å². The molecule has 0 bridgehead atoms. The lowest BCUT2D eigenvalue weighted by Gasteiger charge is -2.14. The summed E-state index contributed by atoms with van der Waals surface area (Å²) in [5, 5.41) is 3.58. The average Bonchev–Trinajstić information content (AvgIpc) is 2.24. The zero-order valence-corrected chi connectivity index (χ0v) is 12.5. The van der Waals surface area contributed by atoms with Gasteiger partial charge < -0.3 is 5.32 Å². The molecule has 0 aromatic carbocycles. The number of nitrogens with one attached hydrogen (secondary N) is 1. The van der Waals surface area contributed by atoms with E-state index < -0.39 is 0 Å². The van der Waals surface area contributed by atoms with Crippen LogP contribution in [-0.4, -0.2) is 27.5 Å². The predicted molar refractivity (Wildman–Crippen MR) is 75.4 cm³/mol. The van der Waals surface area contributed by atoms with Crippen molar-refractivity contribution >= 4 is 45.1 Å². The minimum absolute atomic E-state index is 0.265. The molecule has 1 aromatic heterocycles. The second-order valence-electron chi connectivity index (χ2n) is 3.37. The van der Waals surface area contributed by atoms with E-state index in [1.54, 1.807) is 6.20 Å². The molecule has 0 spiro atoms. The van der Waals surface area contributed by atoms with Crippen molar-refractivity contribution in [3.8, 4) is 0 Å². The topological polar surface area (TPSA) is 37.8 Å². The summed E-state index contributed by atoms with van der Waals surface area (Å²) >= 11 is 11.1. The SMILES string of the molecule is CCSCCC(C)Nc1nc(Cl)ncc1Br. The Labute approximate surface area is 114 Å². The molecule has 1 unspecified atom stereocenters. The van der Waals surface area contributed by atoms with Crippen LogP contribution in [-0.2, 0) is 0 Å². The van der Waals surface area contributed by atoms with Crippen LogP contribution in [0.4, 0.5) is 5.82 Å². The second-order valence-corrected chi connectivity index (χ2v) is 5.95. The summed E-state index contributed by atoms with van der Waals surface area (Å²) in [6, 6.07) is 0.376. The van der Waals surface area contributed by atoms with Gasteiger partial charge in [-0.15, -0.1) is 0 Å². The molecule has 6 heteroatoms. The lowest BCUT2D eigenvalue weighted by molar-refractivity contribution is 0.764. The van der Waals surface area contributed by atoms with E-state index in [1.807, 2.05) is 11.8 Å². The van der Waals surface area contributed by atoms with Crippen LogP contribution in [0.3, 0.4) is 0 Å². The van der Waals surface area contributed by atoms with Crippen LogP contribution >= 0.6 is 39.3 Å². The molecule has 1 heterocycles. The fourth-order valence-electron chi connectivity index (χ4n) is 1.16. The van der Waals surface area contributed by atoms with Gasteiger partial charge in [-0.25, -0.2) is 4.98 Å². The van der Waals surface area contributed by atoms with Crippen molar-refractivity contribution in [1.82, 2.24) is 9.97 Å². The summed E-state index contributed by atoms with van der Waals surface area (Å²) in [4.78, 5) is 8.02. The van der Waals surface area contributed by atoms with Crippen LogP contribution < -0.4 is 5.32 Å². The third-order valence-corrected chi connectivity index (χ3v) is 3.69. The summed E-state index contributed by atoms with van der Waals surface area (Å²) < 4.78 is 0.840. The molecule has 1 aromatic rings. The fraction of sp³-hybridized carbons (Fsp3) is 0.600. The van der Waals surface area contributed by atoms with Gasteiger partial charge in [-0.05, 0) is 52.4 Å². The molecule has 0 aliphatic carbocycles. The molecule has 0 saturated heterocycles. The number of rotatable bonds is 6. The van der Waals surface area contributed by atoms with Crippen molar-refractivity contribution < 1.29 is 0 Å². The number of thioether (sulfide) groups is 1. The van der Waals surface area contributed by atoms with E-state index in [0.717, 1.165) is 28.2 Å². The molecule has 0 radical (unpaired) electrons. The maximum atomic E-state index is 5.74. The van der Waals surface area contributed by atoms with Gasteiger partial charge in [-0.3, -0.25) is 0 Å². The van der Waals surface area contributed by atoms with Crippen LogP contribution in [0.5, 0.6) is 0 Å². The molecular formula is C10H15BrClN3S. The molecule has 90 valence electrons. The average molecular weight is 325 g/mol. The van der Waals surface area contributed by atoms with Crippen molar-refractivity contribution in [2.24, 2.45) is 0 Å². The lowest BCUT2D eigenvalue weighted by atomic mass is 10.2. The molecular weight excluding hydrogens is 310 g/mol. The first-order chi connectivity index (χ1) is 7.63. The van der Waals surface area contributed by atoms with Crippen LogP contribution in [0.2, 0.25) is 5.28 Å². The van der Waals surface area contributed by atoms with Crippen molar-refractivity contribution in [2.75, 3.05) is 16.8 Å². The number of hydrogen-bond donors (Lipinski definition) is 1. The summed E-state index contributed by atoms with van der Waals surface area (Å²) in [7, 11) is 0. The third-order valence-electron chi connectivity index (χ3n) is 2.00. The minimum atomic E-state index is 0.265. The second kappa shape index (κ2) is 7.35. The van der Waals surface area contributed by atoms with E-state index in [9.17, 15) is 0 Å². The van der Waals surface area contributed by atoms with Crippen LogP contribution in [0.15, 0.2) is 10.7 Å². The number of hydrogen-bond acceptors (Lipinski definition) is 4. The molecule has 16 heavy (non-hydrogen) atoms.